The van der Waals surface area contributed by atoms with Crippen molar-refractivity contribution in [1.29, 1.82) is 0 Å². The van der Waals surface area contributed by atoms with Gasteiger partial charge in [0.15, 0.2) is 17.5 Å². The number of hydrogen-bond acceptors (Lipinski definition) is 3. The monoisotopic (exact) mass is 752 g/mol. The van der Waals surface area contributed by atoms with Gasteiger partial charge in [-0.15, -0.1) is 0 Å². The van der Waals surface area contributed by atoms with E-state index in [0.29, 0.717) is 17.5 Å². The van der Waals surface area contributed by atoms with Crippen molar-refractivity contribution in [2.75, 3.05) is 0 Å². The number of aromatic nitrogens is 4. The van der Waals surface area contributed by atoms with Gasteiger partial charge in [-0.25, -0.2) is 15.0 Å². The molecule has 0 N–H and O–H groups in total. The van der Waals surface area contributed by atoms with Crippen molar-refractivity contribution in [3.63, 3.8) is 0 Å². The molecule has 0 amide bonds. The van der Waals surface area contributed by atoms with Gasteiger partial charge in [0.05, 0.1) is 16.7 Å². The molecule has 0 bridgehead atoms. The van der Waals surface area contributed by atoms with Crippen LogP contribution in [0.4, 0.5) is 0 Å². The van der Waals surface area contributed by atoms with Crippen LogP contribution in [0.5, 0.6) is 0 Å². The zero-order chi connectivity index (χ0) is 39.1. The Labute approximate surface area is 342 Å². The summed E-state index contributed by atoms with van der Waals surface area (Å²) in [6.45, 7) is 0. The highest BCUT2D eigenvalue weighted by molar-refractivity contribution is 6.10. The van der Waals surface area contributed by atoms with Gasteiger partial charge in [-0.3, -0.25) is 0 Å². The number of fused-ring (bicyclic) bond motifs is 4. The second-order valence-electron chi connectivity index (χ2n) is 14.8. The molecule has 0 saturated heterocycles. The first-order valence-electron chi connectivity index (χ1n) is 19.9. The molecule has 0 fully saturated rings. The third-order valence-electron chi connectivity index (χ3n) is 11.2. The van der Waals surface area contributed by atoms with Crippen molar-refractivity contribution >= 4 is 32.6 Å². The van der Waals surface area contributed by atoms with Crippen LogP contribution in [0.15, 0.2) is 218 Å². The maximum atomic E-state index is 5.35. The van der Waals surface area contributed by atoms with Gasteiger partial charge in [0, 0.05) is 27.5 Å². The first-order chi connectivity index (χ1) is 29.2. The molecular weight excluding hydrogens is 717 g/mol. The highest BCUT2D eigenvalue weighted by Crippen LogP contribution is 2.40. The van der Waals surface area contributed by atoms with E-state index >= 15 is 0 Å². The lowest BCUT2D eigenvalue weighted by atomic mass is 9.92. The number of benzene rings is 9. The summed E-state index contributed by atoms with van der Waals surface area (Å²) in [6, 6.07) is 77.1. The van der Waals surface area contributed by atoms with Crippen molar-refractivity contribution in [1.82, 2.24) is 19.5 Å². The van der Waals surface area contributed by atoms with Crippen LogP contribution in [0.2, 0.25) is 0 Å². The van der Waals surface area contributed by atoms with E-state index in [9.17, 15) is 0 Å². The van der Waals surface area contributed by atoms with Crippen LogP contribution in [0.25, 0.3) is 106 Å². The topological polar surface area (TPSA) is 43.6 Å². The van der Waals surface area contributed by atoms with Gasteiger partial charge in [0.2, 0.25) is 0 Å². The average Bonchev–Trinajstić information content (AvgIpc) is 3.66. The molecule has 0 unspecified atom stereocenters. The molecule has 59 heavy (non-hydrogen) atoms. The van der Waals surface area contributed by atoms with Gasteiger partial charge in [0.1, 0.15) is 0 Å². The molecule has 0 aliphatic rings. The number of rotatable bonds is 7. The number of para-hydroxylation sites is 2. The quantitative estimate of drug-likeness (QED) is 0.163. The van der Waals surface area contributed by atoms with Crippen molar-refractivity contribution < 1.29 is 0 Å². The molecule has 0 aliphatic carbocycles. The second kappa shape index (κ2) is 14.5. The molecule has 9 aromatic carbocycles. The van der Waals surface area contributed by atoms with Crippen molar-refractivity contribution in [3.05, 3.63) is 218 Å². The van der Waals surface area contributed by atoms with Gasteiger partial charge in [0.25, 0.3) is 0 Å². The Hall–Kier alpha value is -7.95. The summed E-state index contributed by atoms with van der Waals surface area (Å²) < 4.78 is 2.38. The Balaban J connectivity index is 1.20. The van der Waals surface area contributed by atoms with Crippen molar-refractivity contribution in [3.8, 4) is 73.2 Å². The van der Waals surface area contributed by atoms with E-state index in [1.54, 1.807) is 0 Å². The zero-order valence-corrected chi connectivity index (χ0v) is 32.1. The van der Waals surface area contributed by atoms with E-state index < -0.39 is 0 Å². The number of hydrogen-bond donors (Lipinski definition) is 0. The molecule has 0 radical (unpaired) electrons. The molecule has 2 aromatic heterocycles. The Kier molecular flexibility index (Phi) is 8.45. The molecule has 0 atom stereocenters. The Morgan fingerprint density at radius 3 is 1.34 bits per heavy atom. The summed E-state index contributed by atoms with van der Waals surface area (Å²) in [5.41, 5.74) is 12.9. The predicted octanol–water partition coefficient (Wildman–Crippen LogP) is 14.1. The molecule has 4 heteroatoms. The summed E-state index contributed by atoms with van der Waals surface area (Å²) in [5, 5.41) is 4.61. The van der Waals surface area contributed by atoms with Gasteiger partial charge in [-0.05, 0) is 86.6 Å². The molecule has 0 aliphatic heterocycles. The zero-order valence-electron chi connectivity index (χ0n) is 32.1. The third-order valence-corrected chi connectivity index (χ3v) is 11.2. The van der Waals surface area contributed by atoms with Crippen LogP contribution in [0.3, 0.4) is 0 Å². The van der Waals surface area contributed by atoms with Gasteiger partial charge in [-0.2, -0.15) is 0 Å². The SMILES string of the molecule is c1ccc(-c2cc(-c3ccccc3)cc(-c3ccc(-c4nc(-c5ccccc5)nc(-c5cccc6ccccc56)n4)c(-n4c5ccccc5c5ccccc54)c3)c2)cc1. The average molecular weight is 753 g/mol. The lowest BCUT2D eigenvalue weighted by Crippen LogP contribution is -2.04. The van der Waals surface area contributed by atoms with Crippen molar-refractivity contribution in [2.45, 2.75) is 0 Å². The molecule has 11 aromatic rings. The van der Waals surface area contributed by atoms with Gasteiger partial charge >= 0.3 is 0 Å². The fraction of sp³-hybridized carbons (Fsp3) is 0. The van der Waals surface area contributed by atoms with E-state index in [1.165, 1.54) is 21.9 Å². The van der Waals surface area contributed by atoms with E-state index in [1.807, 2.05) is 18.2 Å². The highest BCUT2D eigenvalue weighted by atomic mass is 15.1. The van der Waals surface area contributed by atoms with Crippen LogP contribution in [0, 0.1) is 0 Å². The summed E-state index contributed by atoms with van der Waals surface area (Å²) >= 11 is 0. The maximum Gasteiger partial charge on any atom is 0.166 e. The summed E-state index contributed by atoms with van der Waals surface area (Å²) in [4.78, 5) is 15.8. The largest absolute Gasteiger partial charge is 0.308 e. The summed E-state index contributed by atoms with van der Waals surface area (Å²) in [5.74, 6) is 1.86. The number of nitrogens with zero attached hydrogens (tertiary/aromatic N) is 4. The van der Waals surface area contributed by atoms with Crippen molar-refractivity contribution in [2.24, 2.45) is 0 Å². The Bertz CT molecular complexity index is 3200. The third kappa shape index (κ3) is 6.24. The minimum atomic E-state index is 0.605. The van der Waals surface area contributed by atoms with E-state index in [-0.39, 0.29) is 0 Å². The van der Waals surface area contributed by atoms with Gasteiger partial charge in [-0.1, -0.05) is 176 Å². The predicted molar refractivity (Wildman–Crippen MR) is 244 cm³/mol. The molecule has 2 heterocycles. The molecular formula is C55H36N4. The maximum absolute atomic E-state index is 5.35. The normalized spacial score (nSPS) is 11.4. The van der Waals surface area contributed by atoms with E-state index in [0.717, 1.165) is 66.4 Å². The fourth-order valence-corrected chi connectivity index (χ4v) is 8.41. The Morgan fingerprint density at radius 2 is 0.729 bits per heavy atom. The second-order valence-corrected chi connectivity index (χ2v) is 14.8. The molecule has 0 saturated carbocycles. The minimum Gasteiger partial charge on any atom is -0.308 e. The van der Waals surface area contributed by atoms with Crippen LogP contribution >= 0.6 is 0 Å². The standard InChI is InChI=1S/C55H36N4/c1-4-17-37(18-5-1)42-33-43(38-19-6-2-7-20-38)35-44(34-42)41-31-32-49(52(36-41)59-50-29-14-12-26-46(50)47-27-13-15-30-51(47)59)55-57-53(40-22-8-3-9-23-40)56-54(58-55)48-28-16-24-39-21-10-11-25-45(39)48/h1-36H. The lowest BCUT2D eigenvalue weighted by Gasteiger charge is -2.17. The highest BCUT2D eigenvalue weighted by Gasteiger charge is 2.21. The molecule has 276 valence electrons. The first kappa shape index (κ1) is 34.3. The molecule has 11 rings (SSSR count). The fourth-order valence-electron chi connectivity index (χ4n) is 8.41. The van der Waals surface area contributed by atoms with Crippen LogP contribution < -0.4 is 0 Å². The summed E-state index contributed by atoms with van der Waals surface area (Å²) in [6.07, 6.45) is 0. The van der Waals surface area contributed by atoms with Crippen LogP contribution in [-0.2, 0) is 0 Å². The smallest absolute Gasteiger partial charge is 0.166 e. The summed E-state index contributed by atoms with van der Waals surface area (Å²) in [7, 11) is 0. The minimum absolute atomic E-state index is 0.605. The van der Waals surface area contributed by atoms with E-state index in [2.05, 4.69) is 205 Å². The van der Waals surface area contributed by atoms with Crippen LogP contribution in [-0.4, -0.2) is 19.5 Å². The molecule has 0 spiro atoms. The first-order valence-corrected chi connectivity index (χ1v) is 19.9. The van der Waals surface area contributed by atoms with E-state index in [4.69, 9.17) is 15.0 Å². The van der Waals surface area contributed by atoms with Gasteiger partial charge < -0.3 is 4.57 Å². The molecule has 4 nitrogen and oxygen atoms in total. The lowest BCUT2D eigenvalue weighted by molar-refractivity contribution is 1.07. The van der Waals surface area contributed by atoms with Crippen LogP contribution in [0.1, 0.15) is 0 Å². The Morgan fingerprint density at radius 1 is 0.271 bits per heavy atom.